The molecule has 0 amide bonds. The molecular formula is C22H22O2. The van der Waals surface area contributed by atoms with Gasteiger partial charge in [-0.25, -0.2) is 0 Å². The predicted octanol–water partition coefficient (Wildman–Crippen LogP) is 3.34. The monoisotopic (exact) mass is 318 g/mol. The lowest BCUT2D eigenvalue weighted by Crippen LogP contribution is -2.48. The van der Waals surface area contributed by atoms with Crippen molar-refractivity contribution in [2.75, 3.05) is 0 Å². The summed E-state index contributed by atoms with van der Waals surface area (Å²) >= 11 is 0. The second-order valence-corrected chi connectivity index (χ2v) is 7.62. The van der Waals surface area contributed by atoms with Crippen LogP contribution in [0.3, 0.4) is 0 Å². The van der Waals surface area contributed by atoms with Crippen molar-refractivity contribution in [2.45, 2.75) is 50.5 Å². The number of rotatable bonds is 1. The Morgan fingerprint density at radius 2 is 2.08 bits per heavy atom. The molecule has 0 aromatic carbocycles. The van der Waals surface area contributed by atoms with Gasteiger partial charge in [0.05, 0.1) is 0 Å². The first-order valence-electron chi connectivity index (χ1n) is 8.84. The third kappa shape index (κ3) is 1.87. The van der Waals surface area contributed by atoms with Gasteiger partial charge in [0.25, 0.3) is 0 Å². The van der Waals surface area contributed by atoms with Gasteiger partial charge < -0.3 is 5.11 Å². The number of hydrogen-bond donors (Lipinski definition) is 1. The molecule has 0 aromatic heterocycles. The summed E-state index contributed by atoms with van der Waals surface area (Å²) in [6.07, 6.45) is 22.9. The zero-order chi connectivity index (χ0) is 16.9. The molecule has 4 atom stereocenters. The van der Waals surface area contributed by atoms with Crippen LogP contribution >= 0.6 is 0 Å². The van der Waals surface area contributed by atoms with E-state index in [0.717, 1.165) is 25.7 Å². The summed E-state index contributed by atoms with van der Waals surface area (Å²) in [6, 6.07) is 0. The van der Waals surface area contributed by atoms with E-state index in [4.69, 9.17) is 12.8 Å². The van der Waals surface area contributed by atoms with Crippen molar-refractivity contribution in [1.29, 1.82) is 0 Å². The van der Waals surface area contributed by atoms with Gasteiger partial charge in [-0.15, -0.1) is 18.8 Å². The van der Waals surface area contributed by atoms with Crippen molar-refractivity contribution in [3.05, 3.63) is 34.9 Å². The molecule has 1 fully saturated rings. The first-order chi connectivity index (χ1) is 11.5. The molecule has 4 rings (SSSR count). The first-order valence-corrected chi connectivity index (χ1v) is 8.84. The minimum absolute atomic E-state index is 0.247. The summed E-state index contributed by atoms with van der Waals surface area (Å²) in [4.78, 5) is 11.7. The summed E-state index contributed by atoms with van der Waals surface area (Å²) in [5.41, 5.74) is 2.29. The van der Waals surface area contributed by atoms with Crippen LogP contribution < -0.4 is 0 Å². The summed E-state index contributed by atoms with van der Waals surface area (Å²) in [6.45, 7) is 0. The van der Waals surface area contributed by atoms with Crippen molar-refractivity contribution in [2.24, 2.45) is 17.3 Å². The molecule has 0 saturated heterocycles. The molecule has 1 saturated carbocycles. The second kappa shape index (κ2) is 5.23. The maximum atomic E-state index is 11.7. The second-order valence-electron chi connectivity index (χ2n) is 7.62. The summed E-state index contributed by atoms with van der Waals surface area (Å²) in [5, 5.41) is 11.1. The standard InChI is InChI=1S/C22H22O2/c1-3-11-21-12-9-18-17-8-6-16(23)14-15(17)5-7-19(18)20(21)10-13-22(21,24)4-2/h1-2,9,12,14,19-20,24H,5-8,10-11,13H2/t19-,20+,21+,22+/m1/s1. The van der Waals surface area contributed by atoms with Crippen LogP contribution in [-0.4, -0.2) is 16.5 Å². The molecule has 0 aliphatic heterocycles. The van der Waals surface area contributed by atoms with Crippen molar-refractivity contribution >= 4 is 5.78 Å². The van der Waals surface area contributed by atoms with Gasteiger partial charge in [-0.1, -0.05) is 18.1 Å². The molecule has 2 heteroatoms. The third-order valence-corrected chi connectivity index (χ3v) is 6.75. The van der Waals surface area contributed by atoms with Crippen LogP contribution in [0.5, 0.6) is 0 Å². The Balaban J connectivity index is 1.86. The van der Waals surface area contributed by atoms with Gasteiger partial charge in [0.1, 0.15) is 5.60 Å². The molecule has 1 N–H and O–H groups in total. The molecule has 0 bridgehead atoms. The van der Waals surface area contributed by atoms with Gasteiger partial charge in [-0.05, 0) is 66.7 Å². The minimum Gasteiger partial charge on any atom is -0.377 e. The highest BCUT2D eigenvalue weighted by atomic mass is 16.3. The highest BCUT2D eigenvalue weighted by Gasteiger charge is 2.61. The quantitative estimate of drug-likeness (QED) is 0.753. The van der Waals surface area contributed by atoms with Crippen molar-refractivity contribution in [3.8, 4) is 24.7 Å². The summed E-state index contributed by atoms with van der Waals surface area (Å²) < 4.78 is 0. The Hall–Kier alpha value is -2.03. The lowest BCUT2D eigenvalue weighted by molar-refractivity contribution is -0.114. The van der Waals surface area contributed by atoms with Gasteiger partial charge in [0.15, 0.2) is 5.78 Å². The van der Waals surface area contributed by atoms with Crippen LogP contribution in [0.1, 0.15) is 44.9 Å². The van der Waals surface area contributed by atoms with Crippen molar-refractivity contribution < 1.29 is 9.90 Å². The SMILES string of the molecule is C#CC[C@]12C=CC3=C4CCC(=O)C=C4CC[C@H]3[C@@H]1CC[C@@]2(O)C#C. The Bertz CT molecular complexity index is 782. The minimum atomic E-state index is -1.14. The lowest BCUT2D eigenvalue weighted by atomic mass is 9.56. The van der Waals surface area contributed by atoms with Crippen LogP contribution in [-0.2, 0) is 4.79 Å². The van der Waals surface area contributed by atoms with Crippen LogP contribution in [0.4, 0.5) is 0 Å². The molecular weight excluding hydrogens is 296 g/mol. The molecule has 24 heavy (non-hydrogen) atoms. The van der Waals surface area contributed by atoms with Gasteiger partial charge in [-0.3, -0.25) is 4.79 Å². The Morgan fingerprint density at radius 3 is 2.83 bits per heavy atom. The van der Waals surface area contributed by atoms with E-state index in [-0.39, 0.29) is 5.78 Å². The fourth-order valence-corrected chi connectivity index (χ4v) is 5.58. The number of terminal acetylenes is 2. The number of fused-ring (bicyclic) bond motifs is 4. The number of allylic oxidation sites excluding steroid dienone is 5. The molecule has 4 aliphatic rings. The molecule has 0 aromatic rings. The van der Waals surface area contributed by atoms with Crippen LogP contribution in [0.25, 0.3) is 0 Å². The molecule has 4 aliphatic carbocycles. The first kappa shape index (κ1) is 15.5. The van der Waals surface area contributed by atoms with Gasteiger partial charge in [0.2, 0.25) is 0 Å². The van der Waals surface area contributed by atoms with Crippen LogP contribution in [0.15, 0.2) is 34.9 Å². The highest BCUT2D eigenvalue weighted by molar-refractivity contribution is 5.93. The topological polar surface area (TPSA) is 37.3 Å². The summed E-state index contributed by atoms with van der Waals surface area (Å²) in [7, 11) is 0. The average molecular weight is 318 g/mol. The maximum absolute atomic E-state index is 11.7. The maximum Gasteiger partial charge on any atom is 0.156 e. The largest absolute Gasteiger partial charge is 0.377 e. The third-order valence-electron chi connectivity index (χ3n) is 6.75. The van der Waals surface area contributed by atoms with E-state index in [1.807, 2.05) is 6.08 Å². The average Bonchev–Trinajstić information content (AvgIpc) is 2.88. The molecule has 2 nitrogen and oxygen atoms in total. The Labute approximate surface area is 143 Å². The van der Waals surface area contributed by atoms with E-state index < -0.39 is 11.0 Å². The Morgan fingerprint density at radius 1 is 1.25 bits per heavy atom. The van der Waals surface area contributed by atoms with Gasteiger partial charge in [0, 0.05) is 18.3 Å². The number of carbonyl (C=O) groups is 1. The lowest BCUT2D eigenvalue weighted by Gasteiger charge is -2.48. The van der Waals surface area contributed by atoms with E-state index in [1.54, 1.807) is 0 Å². The fourth-order valence-electron chi connectivity index (χ4n) is 5.58. The Kier molecular flexibility index (Phi) is 3.38. The predicted molar refractivity (Wildman–Crippen MR) is 93.6 cm³/mol. The fraction of sp³-hybridized carbons (Fsp3) is 0.500. The van der Waals surface area contributed by atoms with Gasteiger partial charge in [-0.2, -0.15) is 0 Å². The van der Waals surface area contributed by atoms with E-state index in [9.17, 15) is 9.90 Å². The normalized spacial score (nSPS) is 40.1. The van der Waals surface area contributed by atoms with Crippen molar-refractivity contribution in [3.63, 3.8) is 0 Å². The highest BCUT2D eigenvalue weighted by Crippen LogP contribution is 2.62. The van der Waals surface area contributed by atoms with E-state index >= 15 is 0 Å². The van der Waals surface area contributed by atoms with Gasteiger partial charge >= 0.3 is 0 Å². The van der Waals surface area contributed by atoms with Crippen LogP contribution in [0.2, 0.25) is 0 Å². The molecule has 0 spiro atoms. The number of ketones is 1. The van der Waals surface area contributed by atoms with Crippen LogP contribution in [0, 0.1) is 41.9 Å². The van der Waals surface area contributed by atoms with E-state index in [1.165, 1.54) is 16.7 Å². The number of aliphatic hydroxyl groups is 1. The van der Waals surface area contributed by atoms with E-state index in [2.05, 4.69) is 24.0 Å². The zero-order valence-corrected chi connectivity index (χ0v) is 13.8. The van der Waals surface area contributed by atoms with E-state index in [0.29, 0.717) is 31.1 Å². The van der Waals surface area contributed by atoms with Crippen molar-refractivity contribution in [1.82, 2.24) is 0 Å². The number of carbonyl (C=O) groups excluding carboxylic acids is 1. The molecule has 122 valence electrons. The smallest absolute Gasteiger partial charge is 0.156 e. The molecule has 0 heterocycles. The molecule has 0 radical (unpaired) electrons. The number of hydrogen-bond acceptors (Lipinski definition) is 2. The summed E-state index contributed by atoms with van der Waals surface area (Å²) in [5.74, 6) is 6.36. The molecule has 0 unspecified atom stereocenters. The zero-order valence-electron chi connectivity index (χ0n) is 13.8.